The molecular formula is C6H10O10S. The molecule has 0 aromatic heterocycles. The summed E-state index contributed by atoms with van der Waals surface area (Å²) in [6.07, 6.45) is -5.72. The van der Waals surface area contributed by atoms with Crippen LogP contribution in [0.2, 0.25) is 0 Å². The molecular weight excluding hydrogens is 264 g/mol. The van der Waals surface area contributed by atoms with Gasteiger partial charge in [0.1, 0.15) is 18.3 Å². The predicted molar refractivity (Wildman–Crippen MR) is 45.0 cm³/mol. The van der Waals surface area contributed by atoms with Crippen molar-refractivity contribution in [1.82, 2.24) is 0 Å². The fourth-order valence-corrected chi connectivity index (χ4v) is 2.60. The largest absolute Gasteiger partial charge is 0.407 e. The minimum Gasteiger partial charge on any atom is -0.394 e. The van der Waals surface area contributed by atoms with E-state index in [2.05, 4.69) is 13.1 Å². The van der Waals surface area contributed by atoms with Gasteiger partial charge < -0.3 is 30.3 Å². The normalized spacial score (nSPS) is 53.4. The summed E-state index contributed by atoms with van der Waals surface area (Å²) in [6, 6.07) is 0. The molecule has 17 heavy (non-hydrogen) atoms. The maximum Gasteiger partial charge on any atom is 0.407 e. The van der Waals surface area contributed by atoms with Crippen LogP contribution in [0.1, 0.15) is 0 Å². The number of aliphatic hydroxyl groups is 5. The Morgan fingerprint density at radius 1 is 1.18 bits per heavy atom. The van der Waals surface area contributed by atoms with Crippen LogP contribution in [0.4, 0.5) is 0 Å². The summed E-state index contributed by atoms with van der Waals surface area (Å²) in [6.45, 7) is -0.861. The quantitative estimate of drug-likeness (QED) is 0.316. The zero-order valence-corrected chi connectivity index (χ0v) is 8.94. The van der Waals surface area contributed by atoms with E-state index in [4.69, 9.17) is 5.11 Å². The Bertz CT molecular complexity index is 421. The second-order valence-electron chi connectivity index (χ2n) is 3.63. The monoisotopic (exact) mass is 274 g/mol. The fraction of sp³-hybridized carbons (Fsp3) is 1.00. The van der Waals surface area contributed by atoms with Gasteiger partial charge in [0.25, 0.3) is 5.79 Å². The Morgan fingerprint density at radius 2 is 1.76 bits per heavy atom. The van der Waals surface area contributed by atoms with Gasteiger partial charge in [-0.2, -0.15) is 12.6 Å². The van der Waals surface area contributed by atoms with E-state index in [1.165, 1.54) is 0 Å². The van der Waals surface area contributed by atoms with Crippen LogP contribution in [-0.4, -0.2) is 70.6 Å². The van der Waals surface area contributed by atoms with Crippen molar-refractivity contribution in [2.75, 3.05) is 6.61 Å². The molecule has 0 saturated carbocycles. The molecule has 0 aromatic carbocycles. The summed E-state index contributed by atoms with van der Waals surface area (Å²) in [4.78, 5) is 0. The van der Waals surface area contributed by atoms with E-state index >= 15 is 0 Å². The zero-order chi connectivity index (χ0) is 13.1. The first-order valence-corrected chi connectivity index (χ1v) is 5.74. The Labute approximate surface area is 94.9 Å². The zero-order valence-electron chi connectivity index (χ0n) is 8.12. The lowest BCUT2D eigenvalue weighted by molar-refractivity contribution is -0.475. The molecule has 5 atom stereocenters. The van der Waals surface area contributed by atoms with E-state index in [0.717, 1.165) is 0 Å². The standard InChI is InChI=1S/C6H10O10S/c7-1-2-3(8)4(9)5(10)6(11,14-2)16-17(12,13)15-5/h2-4,7-11H,1H2/t2-,3-,4+,5-,6+/m1/s1. The minimum atomic E-state index is -4.81. The molecule has 0 amide bonds. The van der Waals surface area contributed by atoms with Crippen molar-refractivity contribution in [3.8, 4) is 0 Å². The summed E-state index contributed by atoms with van der Waals surface area (Å²) >= 11 is 0. The third-order valence-corrected chi connectivity index (χ3v) is 3.38. The van der Waals surface area contributed by atoms with E-state index < -0.39 is 47.1 Å². The molecule has 0 radical (unpaired) electrons. The van der Waals surface area contributed by atoms with Crippen molar-refractivity contribution in [3.63, 3.8) is 0 Å². The molecule has 0 aliphatic carbocycles. The number of rotatable bonds is 1. The molecule has 2 aliphatic heterocycles. The fourth-order valence-electron chi connectivity index (χ4n) is 1.62. The molecule has 2 rings (SSSR count). The van der Waals surface area contributed by atoms with Crippen LogP contribution in [0, 0.1) is 0 Å². The molecule has 5 N–H and O–H groups in total. The average Bonchev–Trinajstić information content (AvgIpc) is 2.39. The van der Waals surface area contributed by atoms with Crippen LogP contribution in [0.25, 0.3) is 0 Å². The van der Waals surface area contributed by atoms with Crippen molar-refractivity contribution in [2.45, 2.75) is 30.1 Å². The lowest BCUT2D eigenvalue weighted by atomic mass is 9.94. The van der Waals surface area contributed by atoms with Gasteiger partial charge in [0.2, 0.25) is 0 Å². The minimum absolute atomic E-state index is 0.861. The second-order valence-corrected chi connectivity index (χ2v) is 4.78. The SMILES string of the molecule is O=S1(=O)O[C@@]2(O)O[C@H](CO)[C@@H](O)[C@H](O)[C@@]2(O)O1. The summed E-state index contributed by atoms with van der Waals surface area (Å²) in [5.41, 5.74) is 0. The molecule has 0 bridgehead atoms. The van der Waals surface area contributed by atoms with Gasteiger partial charge in [-0.15, -0.1) is 0 Å². The molecule has 0 aromatic rings. The van der Waals surface area contributed by atoms with Gasteiger partial charge >= 0.3 is 16.4 Å². The van der Waals surface area contributed by atoms with Crippen molar-refractivity contribution < 1.29 is 47.1 Å². The van der Waals surface area contributed by atoms with Gasteiger partial charge in [0.15, 0.2) is 0 Å². The van der Waals surface area contributed by atoms with Crippen molar-refractivity contribution >= 4 is 10.4 Å². The Balaban J connectivity index is 2.45. The highest BCUT2D eigenvalue weighted by atomic mass is 32.3. The van der Waals surface area contributed by atoms with E-state index in [-0.39, 0.29) is 0 Å². The van der Waals surface area contributed by atoms with Gasteiger partial charge in [-0.1, -0.05) is 0 Å². The van der Waals surface area contributed by atoms with Gasteiger partial charge in [-0.3, -0.25) is 0 Å². The molecule has 2 fully saturated rings. The predicted octanol–water partition coefficient (Wildman–Crippen LogP) is -4.27. The van der Waals surface area contributed by atoms with Crippen LogP contribution in [0.5, 0.6) is 0 Å². The molecule has 2 aliphatic rings. The van der Waals surface area contributed by atoms with Crippen LogP contribution in [0.15, 0.2) is 0 Å². The highest BCUT2D eigenvalue weighted by Crippen LogP contribution is 2.45. The highest BCUT2D eigenvalue weighted by molar-refractivity contribution is 7.82. The molecule has 0 unspecified atom stereocenters. The molecule has 2 saturated heterocycles. The number of hydrogen-bond acceptors (Lipinski definition) is 10. The van der Waals surface area contributed by atoms with Crippen molar-refractivity contribution in [3.05, 3.63) is 0 Å². The Hall–Kier alpha value is -0.370. The van der Waals surface area contributed by atoms with Gasteiger partial charge in [-0.05, 0) is 0 Å². The lowest BCUT2D eigenvalue weighted by Crippen LogP contribution is -2.71. The number of hydrogen-bond donors (Lipinski definition) is 5. The molecule has 2 heterocycles. The average molecular weight is 274 g/mol. The first kappa shape index (κ1) is 13.1. The van der Waals surface area contributed by atoms with Crippen molar-refractivity contribution in [1.29, 1.82) is 0 Å². The van der Waals surface area contributed by atoms with Crippen LogP contribution in [0.3, 0.4) is 0 Å². The first-order valence-electron chi connectivity index (χ1n) is 4.41. The summed E-state index contributed by atoms with van der Waals surface area (Å²) < 4.78 is 34.3. The number of aliphatic hydroxyl groups excluding tert-OH is 3. The maximum absolute atomic E-state index is 11.0. The topological polar surface area (TPSA) is 163 Å². The summed E-state index contributed by atoms with van der Waals surface area (Å²) in [5, 5.41) is 47.0. The third-order valence-electron chi connectivity index (χ3n) is 2.49. The number of ether oxygens (including phenoxy) is 1. The Kier molecular flexibility index (Phi) is 2.74. The Morgan fingerprint density at radius 3 is 2.29 bits per heavy atom. The van der Waals surface area contributed by atoms with E-state index in [0.29, 0.717) is 0 Å². The summed E-state index contributed by atoms with van der Waals surface area (Å²) in [5.74, 6) is -6.45. The highest BCUT2D eigenvalue weighted by Gasteiger charge is 2.74. The second kappa shape index (κ2) is 3.57. The van der Waals surface area contributed by atoms with Gasteiger partial charge in [0.05, 0.1) is 6.61 Å². The lowest BCUT2D eigenvalue weighted by Gasteiger charge is -2.44. The molecule has 11 heteroatoms. The van der Waals surface area contributed by atoms with Crippen LogP contribution < -0.4 is 0 Å². The molecule has 100 valence electrons. The molecule has 0 spiro atoms. The van der Waals surface area contributed by atoms with Gasteiger partial charge in [0, 0.05) is 0 Å². The number of fused-ring (bicyclic) bond motifs is 1. The summed E-state index contributed by atoms with van der Waals surface area (Å²) in [7, 11) is -4.81. The smallest absolute Gasteiger partial charge is 0.394 e. The van der Waals surface area contributed by atoms with E-state index in [1.54, 1.807) is 0 Å². The van der Waals surface area contributed by atoms with E-state index in [9.17, 15) is 28.8 Å². The van der Waals surface area contributed by atoms with Crippen LogP contribution >= 0.6 is 0 Å². The third kappa shape index (κ3) is 1.68. The first-order chi connectivity index (χ1) is 7.65. The van der Waals surface area contributed by atoms with Gasteiger partial charge in [-0.25, -0.2) is 4.18 Å². The maximum atomic E-state index is 11.0. The van der Waals surface area contributed by atoms with E-state index in [1.807, 2.05) is 0 Å². The molecule has 10 nitrogen and oxygen atoms in total. The van der Waals surface area contributed by atoms with Crippen LogP contribution in [-0.2, 0) is 23.5 Å². The van der Waals surface area contributed by atoms with Crippen molar-refractivity contribution in [2.24, 2.45) is 0 Å².